The lowest BCUT2D eigenvalue weighted by molar-refractivity contribution is -0.151. The predicted molar refractivity (Wildman–Crippen MR) is 52.2 cm³/mol. The molecule has 0 aliphatic carbocycles. The van der Waals surface area contributed by atoms with E-state index in [0.29, 0.717) is 0 Å². The molecule has 0 rings (SSSR count). The highest BCUT2D eigenvalue weighted by Crippen LogP contribution is 2.41. The summed E-state index contributed by atoms with van der Waals surface area (Å²) in [5.74, 6) is -0.725. The van der Waals surface area contributed by atoms with Crippen molar-refractivity contribution in [2.75, 3.05) is 12.8 Å². The van der Waals surface area contributed by atoms with Crippen LogP contribution < -0.4 is 0 Å². The Morgan fingerprint density at radius 1 is 1.43 bits per heavy atom. The summed E-state index contributed by atoms with van der Waals surface area (Å²) in [6, 6.07) is 0. The highest BCUT2D eigenvalue weighted by molar-refractivity contribution is 7.53. The van der Waals surface area contributed by atoms with Gasteiger partial charge in [0.25, 0.3) is 0 Å². The van der Waals surface area contributed by atoms with Crippen LogP contribution in [0, 0.1) is 0 Å². The van der Waals surface area contributed by atoms with Crippen molar-refractivity contribution >= 4 is 13.6 Å². The Bertz CT molecular complexity index is 243. The van der Waals surface area contributed by atoms with Crippen LogP contribution in [0.2, 0.25) is 0 Å². The molecule has 0 aromatic heterocycles. The van der Waals surface area contributed by atoms with Gasteiger partial charge in [-0.2, -0.15) is 0 Å². The van der Waals surface area contributed by atoms with E-state index >= 15 is 0 Å². The van der Waals surface area contributed by atoms with Crippen LogP contribution in [-0.2, 0) is 18.6 Å². The summed E-state index contributed by atoms with van der Waals surface area (Å²) >= 11 is 0. The van der Waals surface area contributed by atoms with E-state index in [0.717, 1.165) is 0 Å². The molecule has 0 aliphatic heterocycles. The van der Waals surface area contributed by atoms with Crippen LogP contribution in [0.1, 0.15) is 27.7 Å². The van der Waals surface area contributed by atoms with Gasteiger partial charge >= 0.3 is 13.6 Å². The monoisotopic (exact) mass is 224 g/mol. The molecule has 14 heavy (non-hydrogen) atoms. The van der Waals surface area contributed by atoms with Crippen LogP contribution in [0.4, 0.5) is 0 Å². The maximum Gasteiger partial charge on any atom is 0.339 e. The van der Waals surface area contributed by atoms with Gasteiger partial charge in [-0.25, -0.2) is 0 Å². The standard InChI is InChI=1S/C8H17O5P/c1-5-12-14(10,11)6-7(9)13-8(2,3)4/h5-6H2,1-4H3,(H,10,11). The molecule has 0 heterocycles. The molecule has 0 radical (unpaired) electrons. The highest BCUT2D eigenvalue weighted by atomic mass is 31.2. The number of hydrogen-bond donors (Lipinski definition) is 1. The minimum Gasteiger partial charge on any atom is -0.459 e. The van der Waals surface area contributed by atoms with Crippen LogP contribution in [0.15, 0.2) is 0 Å². The third-order valence-electron chi connectivity index (χ3n) is 1.08. The molecule has 1 atom stereocenters. The zero-order valence-electron chi connectivity index (χ0n) is 8.94. The van der Waals surface area contributed by atoms with Gasteiger partial charge in [-0.05, 0) is 27.7 Å². The molecule has 5 nitrogen and oxygen atoms in total. The number of esters is 1. The van der Waals surface area contributed by atoms with E-state index in [9.17, 15) is 9.36 Å². The number of hydrogen-bond acceptors (Lipinski definition) is 4. The lowest BCUT2D eigenvalue weighted by Gasteiger charge is -2.20. The van der Waals surface area contributed by atoms with Gasteiger partial charge in [-0.15, -0.1) is 0 Å². The van der Waals surface area contributed by atoms with Crippen LogP contribution in [0.25, 0.3) is 0 Å². The second kappa shape index (κ2) is 4.91. The van der Waals surface area contributed by atoms with Gasteiger partial charge in [-0.1, -0.05) is 0 Å². The Labute approximate surface area is 83.9 Å². The Balaban J connectivity index is 4.13. The lowest BCUT2D eigenvalue weighted by Crippen LogP contribution is -2.25. The van der Waals surface area contributed by atoms with Gasteiger partial charge in [-0.3, -0.25) is 9.36 Å². The van der Waals surface area contributed by atoms with Gasteiger partial charge in [0.05, 0.1) is 6.61 Å². The van der Waals surface area contributed by atoms with Crippen molar-refractivity contribution in [3.05, 3.63) is 0 Å². The Hall–Kier alpha value is -0.380. The second-order valence-electron chi connectivity index (χ2n) is 3.80. The fourth-order valence-electron chi connectivity index (χ4n) is 0.784. The summed E-state index contributed by atoms with van der Waals surface area (Å²) in [4.78, 5) is 20.2. The summed E-state index contributed by atoms with van der Waals surface area (Å²) in [7, 11) is -3.81. The van der Waals surface area contributed by atoms with Gasteiger partial charge in [0, 0.05) is 0 Å². The molecule has 0 aromatic rings. The molecular formula is C8H17O5P. The number of carbonyl (C=O) groups excluding carboxylic acids is 1. The number of carbonyl (C=O) groups is 1. The maximum atomic E-state index is 11.1. The average Bonchev–Trinajstić information content (AvgIpc) is 1.78. The third kappa shape index (κ3) is 7.06. The third-order valence-corrected chi connectivity index (χ3v) is 2.40. The normalized spacial score (nSPS) is 16.1. The first-order valence-electron chi connectivity index (χ1n) is 4.34. The van der Waals surface area contributed by atoms with E-state index in [1.165, 1.54) is 0 Å². The smallest absolute Gasteiger partial charge is 0.339 e. The van der Waals surface area contributed by atoms with Crippen LogP contribution >= 0.6 is 7.60 Å². The molecule has 84 valence electrons. The van der Waals surface area contributed by atoms with E-state index in [1.54, 1.807) is 27.7 Å². The minimum absolute atomic E-state index is 0.0938. The van der Waals surface area contributed by atoms with Crippen molar-refractivity contribution in [1.29, 1.82) is 0 Å². The Morgan fingerprint density at radius 2 is 1.93 bits per heavy atom. The number of rotatable bonds is 4. The number of ether oxygens (including phenoxy) is 1. The fraction of sp³-hybridized carbons (Fsp3) is 0.875. The first-order chi connectivity index (χ1) is 6.16. The summed E-state index contributed by atoms with van der Waals surface area (Å²) in [5.41, 5.74) is -0.650. The molecule has 1 N–H and O–H groups in total. The van der Waals surface area contributed by atoms with Gasteiger partial charge in [0.15, 0.2) is 0 Å². The molecule has 0 bridgehead atoms. The molecule has 0 spiro atoms. The quantitative estimate of drug-likeness (QED) is 0.579. The summed E-state index contributed by atoms with van der Waals surface area (Å²) < 4.78 is 20.5. The summed E-state index contributed by atoms with van der Waals surface area (Å²) in [6.45, 7) is 6.74. The summed E-state index contributed by atoms with van der Waals surface area (Å²) in [6.07, 6.45) is -0.599. The predicted octanol–water partition coefficient (Wildman–Crippen LogP) is 1.55. The molecule has 1 unspecified atom stereocenters. The minimum atomic E-state index is -3.81. The maximum absolute atomic E-state index is 11.1. The average molecular weight is 224 g/mol. The van der Waals surface area contributed by atoms with Crippen LogP contribution in [0.5, 0.6) is 0 Å². The van der Waals surface area contributed by atoms with Crippen LogP contribution in [-0.4, -0.2) is 29.2 Å². The molecule has 0 fully saturated rings. The second-order valence-corrected chi connectivity index (χ2v) is 5.65. The van der Waals surface area contributed by atoms with Gasteiger partial charge in [0.2, 0.25) is 0 Å². The van der Waals surface area contributed by atoms with Crippen molar-refractivity contribution in [3.8, 4) is 0 Å². The lowest BCUT2D eigenvalue weighted by atomic mass is 10.2. The Kier molecular flexibility index (Phi) is 4.78. The van der Waals surface area contributed by atoms with Crippen molar-refractivity contribution < 1.29 is 23.5 Å². The van der Waals surface area contributed by atoms with Gasteiger partial charge in [0.1, 0.15) is 11.8 Å². The molecular weight excluding hydrogens is 207 g/mol. The van der Waals surface area contributed by atoms with Gasteiger partial charge < -0.3 is 14.2 Å². The SMILES string of the molecule is CCOP(=O)(O)CC(=O)OC(C)(C)C. The topological polar surface area (TPSA) is 72.8 Å². The molecule has 0 aliphatic rings. The van der Waals surface area contributed by atoms with E-state index in [4.69, 9.17) is 9.63 Å². The molecule has 0 aromatic carbocycles. The van der Waals surface area contributed by atoms with Crippen molar-refractivity contribution in [3.63, 3.8) is 0 Å². The van der Waals surface area contributed by atoms with Crippen molar-refractivity contribution in [1.82, 2.24) is 0 Å². The largest absolute Gasteiger partial charge is 0.459 e. The first kappa shape index (κ1) is 13.6. The molecule has 6 heteroatoms. The van der Waals surface area contributed by atoms with E-state index < -0.39 is 25.3 Å². The van der Waals surface area contributed by atoms with Crippen molar-refractivity contribution in [2.24, 2.45) is 0 Å². The van der Waals surface area contributed by atoms with Crippen LogP contribution in [0.3, 0.4) is 0 Å². The molecule has 0 saturated heterocycles. The zero-order valence-corrected chi connectivity index (χ0v) is 9.84. The van der Waals surface area contributed by atoms with E-state index in [1.807, 2.05) is 0 Å². The summed E-state index contributed by atoms with van der Waals surface area (Å²) in [5, 5.41) is 0. The Morgan fingerprint density at radius 3 is 2.29 bits per heavy atom. The fourth-order valence-corrected chi connectivity index (χ4v) is 1.67. The van der Waals surface area contributed by atoms with E-state index in [2.05, 4.69) is 4.52 Å². The molecule has 0 saturated carbocycles. The highest BCUT2D eigenvalue weighted by Gasteiger charge is 2.27. The van der Waals surface area contributed by atoms with Crippen molar-refractivity contribution in [2.45, 2.75) is 33.3 Å². The van der Waals surface area contributed by atoms with E-state index in [-0.39, 0.29) is 6.61 Å². The molecule has 0 amide bonds. The zero-order chi connectivity index (χ0) is 11.4. The first-order valence-corrected chi connectivity index (χ1v) is 6.11.